The number of nitrogens with two attached hydrogens (primary N) is 1. The molecule has 0 amide bonds. The standard InChI is InChI=1S/C18H18ClF3N4O/c1-16(2)18(21,22)17(3,24-15(23)9-27-16)11-8-10(4-5-12(11)20)13-6-7-14(19)26-25-13/h4-8H,9H2,1-3H3,(H2,23,24)/t17-/m1/s1. The monoisotopic (exact) mass is 398 g/mol. The smallest absolute Gasteiger partial charge is 0.304 e. The first-order valence-electron chi connectivity index (χ1n) is 8.13. The highest BCUT2D eigenvalue weighted by Gasteiger charge is 2.63. The highest BCUT2D eigenvalue weighted by atomic mass is 35.5. The fourth-order valence-electron chi connectivity index (χ4n) is 3.08. The van der Waals surface area contributed by atoms with Crippen molar-refractivity contribution >= 4 is 17.4 Å². The van der Waals surface area contributed by atoms with Gasteiger partial charge in [-0.2, -0.15) is 0 Å². The van der Waals surface area contributed by atoms with Crippen molar-refractivity contribution in [3.05, 3.63) is 46.9 Å². The van der Waals surface area contributed by atoms with E-state index in [1.54, 1.807) is 6.07 Å². The molecule has 9 heteroatoms. The molecule has 1 aromatic heterocycles. The molecule has 0 aliphatic carbocycles. The number of aromatic nitrogens is 2. The van der Waals surface area contributed by atoms with E-state index < -0.39 is 22.9 Å². The zero-order valence-electron chi connectivity index (χ0n) is 14.9. The number of hydrogen-bond donors (Lipinski definition) is 1. The number of aliphatic imine (C=N–C) groups is 1. The predicted octanol–water partition coefficient (Wildman–Crippen LogP) is 3.95. The average Bonchev–Trinajstić information content (AvgIpc) is 2.66. The normalized spacial score (nSPS) is 24.2. The van der Waals surface area contributed by atoms with E-state index in [1.165, 1.54) is 32.0 Å². The lowest BCUT2D eigenvalue weighted by atomic mass is 9.77. The van der Waals surface area contributed by atoms with E-state index in [2.05, 4.69) is 15.2 Å². The molecular weight excluding hydrogens is 381 g/mol. The molecule has 1 atom stereocenters. The van der Waals surface area contributed by atoms with Crippen molar-refractivity contribution in [1.82, 2.24) is 10.2 Å². The van der Waals surface area contributed by atoms with Crippen LogP contribution in [-0.2, 0) is 10.3 Å². The lowest BCUT2D eigenvalue weighted by molar-refractivity contribution is -0.214. The van der Waals surface area contributed by atoms with Gasteiger partial charge in [-0.25, -0.2) is 13.2 Å². The van der Waals surface area contributed by atoms with Crippen LogP contribution in [0.25, 0.3) is 11.3 Å². The Bertz CT molecular complexity index is 902. The minimum atomic E-state index is -3.56. The van der Waals surface area contributed by atoms with Gasteiger partial charge >= 0.3 is 5.92 Å². The summed E-state index contributed by atoms with van der Waals surface area (Å²) in [5.41, 5.74) is 1.97. The van der Waals surface area contributed by atoms with Crippen LogP contribution < -0.4 is 5.73 Å². The van der Waals surface area contributed by atoms with Crippen LogP contribution in [0, 0.1) is 5.82 Å². The number of rotatable bonds is 2. The summed E-state index contributed by atoms with van der Waals surface area (Å²) in [7, 11) is 0. The molecule has 2 heterocycles. The molecule has 144 valence electrons. The van der Waals surface area contributed by atoms with Crippen LogP contribution in [0.1, 0.15) is 26.3 Å². The molecule has 0 fully saturated rings. The van der Waals surface area contributed by atoms with Crippen molar-refractivity contribution < 1.29 is 17.9 Å². The lowest BCUT2D eigenvalue weighted by Gasteiger charge is -2.42. The molecule has 0 radical (unpaired) electrons. The second-order valence-corrected chi connectivity index (χ2v) is 7.37. The molecule has 2 N–H and O–H groups in total. The predicted molar refractivity (Wildman–Crippen MR) is 96.4 cm³/mol. The highest BCUT2D eigenvalue weighted by molar-refractivity contribution is 6.29. The number of halogens is 4. The second-order valence-electron chi connectivity index (χ2n) is 6.98. The van der Waals surface area contributed by atoms with Crippen molar-refractivity contribution in [2.45, 2.75) is 37.8 Å². The zero-order chi connectivity index (χ0) is 20.0. The molecule has 0 bridgehead atoms. The molecule has 0 spiro atoms. The maximum absolute atomic E-state index is 15.4. The summed E-state index contributed by atoms with van der Waals surface area (Å²) in [6.07, 6.45) is 0. The second kappa shape index (κ2) is 6.45. The van der Waals surface area contributed by atoms with E-state index in [0.29, 0.717) is 11.3 Å². The lowest BCUT2D eigenvalue weighted by Crippen LogP contribution is -2.56. The van der Waals surface area contributed by atoms with E-state index in [9.17, 15) is 4.39 Å². The molecule has 1 aromatic carbocycles. The molecule has 5 nitrogen and oxygen atoms in total. The van der Waals surface area contributed by atoms with Crippen molar-refractivity contribution in [3.8, 4) is 11.3 Å². The molecule has 0 unspecified atom stereocenters. The van der Waals surface area contributed by atoms with Crippen LogP contribution in [0.4, 0.5) is 13.2 Å². The van der Waals surface area contributed by atoms with Gasteiger partial charge in [0, 0.05) is 11.1 Å². The third-order valence-corrected chi connectivity index (χ3v) is 4.94. The summed E-state index contributed by atoms with van der Waals surface area (Å²) in [5.74, 6) is -4.54. The van der Waals surface area contributed by atoms with Gasteiger partial charge in [0.25, 0.3) is 0 Å². The molecule has 0 saturated carbocycles. The summed E-state index contributed by atoms with van der Waals surface area (Å²) in [6.45, 7) is 3.33. The maximum atomic E-state index is 15.4. The Morgan fingerprint density at radius 3 is 2.44 bits per heavy atom. The summed E-state index contributed by atoms with van der Waals surface area (Å²) < 4.78 is 50.8. The third kappa shape index (κ3) is 3.17. The summed E-state index contributed by atoms with van der Waals surface area (Å²) >= 11 is 5.72. The first-order valence-corrected chi connectivity index (χ1v) is 8.51. The molecule has 1 aliphatic rings. The van der Waals surface area contributed by atoms with Gasteiger partial charge < -0.3 is 10.5 Å². The van der Waals surface area contributed by atoms with Gasteiger partial charge in [0.15, 0.2) is 10.7 Å². The number of amidine groups is 1. The van der Waals surface area contributed by atoms with Crippen molar-refractivity contribution in [3.63, 3.8) is 0 Å². The van der Waals surface area contributed by atoms with Crippen LogP contribution >= 0.6 is 11.6 Å². The number of nitrogens with zero attached hydrogens (tertiary/aromatic N) is 3. The van der Waals surface area contributed by atoms with E-state index in [-0.39, 0.29) is 23.2 Å². The Labute approximate surface area is 159 Å². The molecule has 0 saturated heterocycles. The average molecular weight is 399 g/mol. The number of hydrogen-bond acceptors (Lipinski definition) is 5. The minimum absolute atomic E-state index is 0.140. The third-order valence-electron chi connectivity index (χ3n) is 4.73. The van der Waals surface area contributed by atoms with Crippen molar-refractivity contribution in [1.29, 1.82) is 0 Å². The Morgan fingerprint density at radius 2 is 1.81 bits per heavy atom. The van der Waals surface area contributed by atoms with Gasteiger partial charge in [-0.3, -0.25) is 4.99 Å². The van der Waals surface area contributed by atoms with Crippen LogP contribution in [0.15, 0.2) is 35.3 Å². The van der Waals surface area contributed by atoms with E-state index in [0.717, 1.165) is 13.0 Å². The largest absolute Gasteiger partial charge is 0.385 e. The first kappa shape index (κ1) is 19.6. The SMILES string of the molecule is CC1(C)OCC(N)=N[C@](C)(c2cc(-c3ccc(Cl)nn3)ccc2F)C1(F)F. The van der Waals surface area contributed by atoms with Crippen LogP contribution in [0.3, 0.4) is 0 Å². The molecule has 2 aromatic rings. The van der Waals surface area contributed by atoms with Crippen LogP contribution in [0.2, 0.25) is 5.15 Å². The van der Waals surface area contributed by atoms with E-state index in [1.807, 2.05) is 0 Å². The summed E-state index contributed by atoms with van der Waals surface area (Å²) in [6, 6.07) is 6.85. The van der Waals surface area contributed by atoms with Crippen LogP contribution in [0.5, 0.6) is 0 Å². The van der Waals surface area contributed by atoms with Gasteiger partial charge in [-0.1, -0.05) is 11.6 Å². The maximum Gasteiger partial charge on any atom is 0.304 e. The topological polar surface area (TPSA) is 73.4 Å². The Morgan fingerprint density at radius 1 is 1.11 bits per heavy atom. The summed E-state index contributed by atoms with van der Waals surface area (Å²) in [4.78, 5) is 3.96. The summed E-state index contributed by atoms with van der Waals surface area (Å²) in [5, 5.41) is 7.81. The fourth-order valence-corrected chi connectivity index (χ4v) is 3.18. The quantitative estimate of drug-likeness (QED) is 0.831. The van der Waals surface area contributed by atoms with Gasteiger partial charge in [0.05, 0.1) is 5.69 Å². The van der Waals surface area contributed by atoms with Crippen molar-refractivity contribution in [2.75, 3.05) is 6.61 Å². The molecule has 1 aliphatic heterocycles. The molecular formula is C18H18ClF3N4O. The zero-order valence-corrected chi connectivity index (χ0v) is 15.7. The number of alkyl halides is 2. The Hall–Kier alpha value is -2.19. The van der Waals surface area contributed by atoms with Gasteiger partial charge in [-0.15, -0.1) is 10.2 Å². The van der Waals surface area contributed by atoms with E-state index in [4.69, 9.17) is 22.1 Å². The molecule has 27 heavy (non-hydrogen) atoms. The Kier molecular flexibility index (Phi) is 4.68. The Balaban J connectivity index is 2.22. The molecule has 3 rings (SSSR count). The first-order chi connectivity index (χ1) is 12.5. The fraction of sp³-hybridized carbons (Fsp3) is 0.389. The highest BCUT2D eigenvalue weighted by Crippen LogP contribution is 2.50. The van der Waals surface area contributed by atoms with Crippen molar-refractivity contribution in [2.24, 2.45) is 10.7 Å². The van der Waals surface area contributed by atoms with Gasteiger partial charge in [0.1, 0.15) is 23.9 Å². The van der Waals surface area contributed by atoms with E-state index >= 15 is 8.78 Å². The van der Waals surface area contributed by atoms with Gasteiger partial charge in [0.2, 0.25) is 0 Å². The van der Waals surface area contributed by atoms with Gasteiger partial charge in [-0.05, 0) is 51.1 Å². The van der Waals surface area contributed by atoms with Crippen LogP contribution in [-0.4, -0.2) is 34.2 Å². The number of benzene rings is 1. The minimum Gasteiger partial charge on any atom is -0.385 e. The number of ether oxygens (including phenoxy) is 1.